The Bertz CT molecular complexity index is 302. The Balaban J connectivity index is 2.50. The molecule has 5 heteroatoms. The van der Waals surface area contributed by atoms with Crippen molar-refractivity contribution in [2.45, 2.75) is 25.8 Å². The van der Waals surface area contributed by atoms with Gasteiger partial charge in [-0.15, -0.1) is 0 Å². The van der Waals surface area contributed by atoms with E-state index in [-0.39, 0.29) is 5.91 Å². The molecule has 1 fully saturated rings. The highest BCUT2D eigenvalue weighted by molar-refractivity contribution is 5.91. The molecule has 76 valence electrons. The number of nitriles is 1. The summed E-state index contributed by atoms with van der Waals surface area (Å²) in [5, 5.41) is 11.2. The maximum atomic E-state index is 11.4. The Morgan fingerprint density at radius 3 is 2.50 bits per heavy atom. The van der Waals surface area contributed by atoms with Crippen molar-refractivity contribution in [1.29, 1.82) is 5.26 Å². The maximum absolute atomic E-state index is 11.4. The normalized spacial score (nSPS) is 18.9. The van der Waals surface area contributed by atoms with Crippen LogP contribution in [0.1, 0.15) is 19.8 Å². The lowest BCUT2D eigenvalue weighted by molar-refractivity contribution is -0.144. The second-order valence-electron chi connectivity index (χ2n) is 3.41. The van der Waals surface area contributed by atoms with E-state index in [9.17, 15) is 9.59 Å². The van der Waals surface area contributed by atoms with Gasteiger partial charge < -0.3 is 10.1 Å². The number of esters is 1. The summed E-state index contributed by atoms with van der Waals surface area (Å²) >= 11 is 0. The van der Waals surface area contributed by atoms with E-state index in [4.69, 9.17) is 5.26 Å². The topological polar surface area (TPSA) is 79.2 Å². The van der Waals surface area contributed by atoms with Crippen LogP contribution in [-0.4, -0.2) is 25.0 Å². The lowest BCUT2D eigenvalue weighted by Crippen LogP contribution is -2.42. The molecule has 1 aliphatic carbocycles. The van der Waals surface area contributed by atoms with Gasteiger partial charge in [-0.2, -0.15) is 5.26 Å². The first kappa shape index (κ1) is 10.5. The molecule has 0 bridgehead atoms. The second-order valence-corrected chi connectivity index (χ2v) is 3.41. The summed E-state index contributed by atoms with van der Waals surface area (Å²) in [6.45, 7) is 1.52. The van der Waals surface area contributed by atoms with Gasteiger partial charge in [0.1, 0.15) is 11.5 Å². The van der Waals surface area contributed by atoms with Gasteiger partial charge in [-0.1, -0.05) is 0 Å². The van der Waals surface area contributed by atoms with Gasteiger partial charge in [0.25, 0.3) is 0 Å². The predicted molar refractivity (Wildman–Crippen MR) is 46.9 cm³/mol. The minimum absolute atomic E-state index is 0.377. The summed E-state index contributed by atoms with van der Waals surface area (Å²) in [7, 11) is 1.25. The third-order valence-electron chi connectivity index (χ3n) is 2.30. The van der Waals surface area contributed by atoms with Gasteiger partial charge >= 0.3 is 5.97 Å². The molecule has 1 rings (SSSR count). The molecule has 0 aromatic heterocycles. The molecule has 0 aromatic rings. The zero-order valence-corrected chi connectivity index (χ0v) is 8.16. The van der Waals surface area contributed by atoms with Crippen LogP contribution in [0.25, 0.3) is 0 Å². The molecule has 5 nitrogen and oxygen atoms in total. The SMILES string of the molecule is COC(=O)C(C)NC(=O)C1(C#N)CC1. The van der Waals surface area contributed by atoms with Crippen molar-refractivity contribution < 1.29 is 14.3 Å². The highest BCUT2D eigenvalue weighted by Crippen LogP contribution is 2.45. The highest BCUT2D eigenvalue weighted by atomic mass is 16.5. The summed E-state index contributed by atoms with van der Waals surface area (Å²) in [5.74, 6) is -0.884. The van der Waals surface area contributed by atoms with E-state index >= 15 is 0 Å². The fourth-order valence-corrected chi connectivity index (χ4v) is 1.09. The number of nitrogens with one attached hydrogen (secondary N) is 1. The average molecular weight is 196 g/mol. The van der Waals surface area contributed by atoms with Crippen molar-refractivity contribution in [2.75, 3.05) is 7.11 Å². The first-order valence-corrected chi connectivity index (χ1v) is 4.36. The Hall–Kier alpha value is -1.57. The number of carbonyl (C=O) groups is 2. The van der Waals surface area contributed by atoms with E-state index < -0.39 is 17.4 Å². The third kappa shape index (κ3) is 1.84. The Labute approximate surface area is 82.0 Å². The second kappa shape index (κ2) is 3.66. The Morgan fingerprint density at radius 2 is 2.14 bits per heavy atom. The standard InChI is InChI=1S/C9H12N2O3/c1-6(7(12)14-2)11-8(13)9(5-10)3-4-9/h6H,3-4H2,1-2H3,(H,11,13). The molecule has 0 aromatic carbocycles. The summed E-state index contributed by atoms with van der Waals surface area (Å²) < 4.78 is 4.44. The molecule has 1 unspecified atom stereocenters. The van der Waals surface area contributed by atoms with Gasteiger partial charge in [-0.3, -0.25) is 4.79 Å². The Kier molecular flexibility index (Phi) is 2.75. The van der Waals surface area contributed by atoms with Crippen LogP contribution >= 0.6 is 0 Å². The van der Waals surface area contributed by atoms with E-state index in [1.54, 1.807) is 0 Å². The first-order valence-electron chi connectivity index (χ1n) is 4.36. The molecular formula is C9H12N2O3. The number of nitrogens with zero attached hydrogens (tertiary/aromatic N) is 1. The molecule has 0 saturated heterocycles. The number of rotatable bonds is 3. The number of carbonyl (C=O) groups excluding carboxylic acids is 2. The average Bonchev–Trinajstić information content (AvgIpc) is 2.96. The van der Waals surface area contributed by atoms with Crippen molar-refractivity contribution in [3.05, 3.63) is 0 Å². The van der Waals surface area contributed by atoms with Crippen LogP contribution in [-0.2, 0) is 14.3 Å². The molecule has 0 radical (unpaired) electrons. The summed E-state index contributed by atoms with van der Waals surface area (Å²) in [4.78, 5) is 22.4. The fraction of sp³-hybridized carbons (Fsp3) is 0.667. The van der Waals surface area contributed by atoms with Gasteiger partial charge in [0.15, 0.2) is 0 Å². The van der Waals surface area contributed by atoms with Crippen LogP contribution in [0.15, 0.2) is 0 Å². The first-order chi connectivity index (χ1) is 6.55. The minimum atomic E-state index is -0.887. The summed E-state index contributed by atoms with van der Waals surface area (Å²) in [6, 6.07) is 1.25. The van der Waals surface area contributed by atoms with E-state index in [1.165, 1.54) is 14.0 Å². The van der Waals surface area contributed by atoms with Gasteiger partial charge in [-0.25, -0.2) is 4.79 Å². The minimum Gasteiger partial charge on any atom is -0.467 e. The lowest BCUT2D eigenvalue weighted by atomic mass is 10.1. The fourth-order valence-electron chi connectivity index (χ4n) is 1.09. The van der Waals surface area contributed by atoms with Crippen LogP contribution in [0.5, 0.6) is 0 Å². The van der Waals surface area contributed by atoms with Gasteiger partial charge in [0.05, 0.1) is 13.2 Å². The van der Waals surface area contributed by atoms with Crippen molar-refractivity contribution >= 4 is 11.9 Å². The van der Waals surface area contributed by atoms with E-state index in [0.717, 1.165) is 0 Å². The van der Waals surface area contributed by atoms with E-state index in [2.05, 4.69) is 10.1 Å². The number of hydrogen-bond donors (Lipinski definition) is 1. The zero-order valence-electron chi connectivity index (χ0n) is 8.16. The zero-order chi connectivity index (χ0) is 10.8. The number of hydrogen-bond acceptors (Lipinski definition) is 4. The molecule has 1 amide bonds. The van der Waals surface area contributed by atoms with Crippen LogP contribution in [0, 0.1) is 16.7 Å². The predicted octanol–water partition coefficient (Wildman–Crippen LogP) is -0.0321. The molecule has 0 aliphatic heterocycles. The molecule has 1 atom stereocenters. The van der Waals surface area contributed by atoms with Crippen molar-refractivity contribution in [1.82, 2.24) is 5.32 Å². The van der Waals surface area contributed by atoms with Gasteiger partial charge in [-0.05, 0) is 19.8 Å². The molecule has 1 saturated carbocycles. The molecule has 0 spiro atoms. The molecule has 14 heavy (non-hydrogen) atoms. The van der Waals surface area contributed by atoms with Crippen molar-refractivity contribution in [3.63, 3.8) is 0 Å². The Morgan fingerprint density at radius 1 is 1.57 bits per heavy atom. The molecule has 0 heterocycles. The maximum Gasteiger partial charge on any atom is 0.328 e. The molecule has 1 N–H and O–H groups in total. The van der Waals surface area contributed by atoms with Gasteiger partial charge in [0, 0.05) is 0 Å². The number of amides is 1. The van der Waals surface area contributed by atoms with Crippen LogP contribution in [0.2, 0.25) is 0 Å². The quantitative estimate of drug-likeness (QED) is 0.643. The smallest absolute Gasteiger partial charge is 0.328 e. The van der Waals surface area contributed by atoms with Crippen LogP contribution < -0.4 is 5.32 Å². The highest BCUT2D eigenvalue weighted by Gasteiger charge is 2.51. The summed E-state index contributed by atoms with van der Waals surface area (Å²) in [6.07, 6.45) is 1.15. The van der Waals surface area contributed by atoms with Gasteiger partial charge in [0.2, 0.25) is 5.91 Å². The van der Waals surface area contributed by atoms with Crippen LogP contribution in [0.3, 0.4) is 0 Å². The molecule has 1 aliphatic rings. The largest absolute Gasteiger partial charge is 0.467 e. The van der Waals surface area contributed by atoms with Crippen molar-refractivity contribution in [2.24, 2.45) is 5.41 Å². The lowest BCUT2D eigenvalue weighted by Gasteiger charge is -2.13. The summed E-state index contributed by atoms with van der Waals surface area (Å²) in [5.41, 5.74) is -0.887. The number of methoxy groups -OCH3 is 1. The van der Waals surface area contributed by atoms with E-state index in [1.807, 2.05) is 6.07 Å². The van der Waals surface area contributed by atoms with E-state index in [0.29, 0.717) is 12.8 Å². The number of ether oxygens (including phenoxy) is 1. The third-order valence-corrected chi connectivity index (χ3v) is 2.30. The monoisotopic (exact) mass is 196 g/mol. The van der Waals surface area contributed by atoms with Crippen LogP contribution in [0.4, 0.5) is 0 Å². The molecular weight excluding hydrogens is 184 g/mol. The van der Waals surface area contributed by atoms with Crippen molar-refractivity contribution in [3.8, 4) is 6.07 Å².